The fourth-order valence-corrected chi connectivity index (χ4v) is 3.35. The maximum absolute atomic E-state index is 12.3. The largest absolute Gasteiger partial charge is 0.395 e. The number of Topliss-reactive ketones (excluding diaryl/α,β-unsaturated/α-hetero) is 1. The summed E-state index contributed by atoms with van der Waals surface area (Å²) in [7, 11) is 0. The van der Waals surface area contributed by atoms with Crippen LogP contribution in [0.25, 0.3) is 0 Å². The number of aliphatic hydroxyl groups excluding tert-OH is 1. The van der Waals surface area contributed by atoms with Crippen LogP contribution in [0.15, 0.2) is 17.3 Å². The predicted molar refractivity (Wildman–Crippen MR) is 87.3 cm³/mol. The minimum absolute atomic E-state index is 0.0493. The lowest BCUT2D eigenvalue weighted by molar-refractivity contribution is -0.115. The molecule has 0 bridgehead atoms. The summed E-state index contributed by atoms with van der Waals surface area (Å²) >= 11 is 0. The van der Waals surface area contributed by atoms with Gasteiger partial charge in [0.05, 0.1) is 0 Å². The summed E-state index contributed by atoms with van der Waals surface area (Å²) in [5.74, 6) is -0.0625. The number of hydrogen-bond acceptors (Lipinski definition) is 4. The van der Waals surface area contributed by atoms with Crippen LogP contribution in [0.4, 0.5) is 0 Å². The highest BCUT2D eigenvalue weighted by Gasteiger charge is 2.34. The van der Waals surface area contributed by atoms with Crippen molar-refractivity contribution < 1.29 is 14.7 Å². The molecule has 22 heavy (non-hydrogen) atoms. The molecule has 2 rings (SSSR count). The lowest BCUT2D eigenvalue weighted by Crippen LogP contribution is -2.37. The molecule has 120 valence electrons. The SMILES string of the molecule is CCCON=C1C(=O)CC(c2c(C)cc(C)cc2C)CC1O. The average molecular weight is 303 g/mol. The van der Waals surface area contributed by atoms with Crippen molar-refractivity contribution in [3.63, 3.8) is 0 Å². The highest BCUT2D eigenvalue weighted by molar-refractivity contribution is 6.42. The van der Waals surface area contributed by atoms with E-state index in [2.05, 4.69) is 38.1 Å². The quantitative estimate of drug-likeness (QED) is 0.686. The predicted octanol–water partition coefficient (Wildman–Crippen LogP) is 3.20. The molecule has 1 N–H and O–H groups in total. The third kappa shape index (κ3) is 3.55. The molecule has 1 fully saturated rings. The summed E-state index contributed by atoms with van der Waals surface area (Å²) < 4.78 is 0. The van der Waals surface area contributed by atoms with Gasteiger partial charge in [0, 0.05) is 6.42 Å². The Bertz CT molecular complexity index is 569. The molecular formula is C18H25NO3. The van der Waals surface area contributed by atoms with E-state index in [1.165, 1.54) is 22.3 Å². The number of carbonyl (C=O) groups excluding carboxylic acids is 1. The molecule has 0 radical (unpaired) electrons. The van der Waals surface area contributed by atoms with E-state index in [1.54, 1.807) is 0 Å². The summed E-state index contributed by atoms with van der Waals surface area (Å²) in [5, 5.41) is 14.1. The number of benzene rings is 1. The Morgan fingerprint density at radius 3 is 2.45 bits per heavy atom. The first-order chi connectivity index (χ1) is 10.4. The molecule has 1 aliphatic carbocycles. The molecule has 4 nitrogen and oxygen atoms in total. The molecule has 4 heteroatoms. The summed E-state index contributed by atoms with van der Waals surface area (Å²) in [6, 6.07) is 4.26. The number of hydrogen-bond donors (Lipinski definition) is 1. The fraction of sp³-hybridized carbons (Fsp3) is 0.556. The zero-order chi connectivity index (χ0) is 16.3. The van der Waals surface area contributed by atoms with Gasteiger partial charge in [0.1, 0.15) is 12.7 Å². The third-order valence-corrected chi connectivity index (χ3v) is 4.15. The first-order valence-corrected chi connectivity index (χ1v) is 7.92. The van der Waals surface area contributed by atoms with Crippen LogP contribution in [0.2, 0.25) is 0 Å². The zero-order valence-corrected chi connectivity index (χ0v) is 13.8. The number of aryl methyl sites for hydroxylation is 3. The van der Waals surface area contributed by atoms with Crippen molar-refractivity contribution in [2.45, 2.75) is 59.0 Å². The van der Waals surface area contributed by atoms with Crippen LogP contribution in [0.1, 0.15) is 54.4 Å². The van der Waals surface area contributed by atoms with Crippen molar-refractivity contribution in [2.24, 2.45) is 5.16 Å². The molecule has 0 spiro atoms. The van der Waals surface area contributed by atoms with Crippen LogP contribution >= 0.6 is 0 Å². The molecule has 1 aliphatic rings. The molecule has 0 aromatic heterocycles. The first kappa shape index (κ1) is 16.7. The van der Waals surface area contributed by atoms with E-state index in [1.807, 2.05) is 6.92 Å². The second kappa shape index (κ2) is 7.05. The summed E-state index contributed by atoms with van der Waals surface area (Å²) in [6.07, 6.45) is 0.884. The van der Waals surface area contributed by atoms with Gasteiger partial charge >= 0.3 is 0 Å². The maximum Gasteiger partial charge on any atom is 0.183 e. The Morgan fingerprint density at radius 2 is 1.91 bits per heavy atom. The smallest absolute Gasteiger partial charge is 0.183 e. The number of aliphatic hydroxyl groups is 1. The Hall–Kier alpha value is -1.68. The fourth-order valence-electron chi connectivity index (χ4n) is 3.35. The molecule has 1 aromatic rings. The molecule has 1 saturated carbocycles. The topological polar surface area (TPSA) is 58.9 Å². The normalized spacial score (nSPS) is 23.9. The first-order valence-electron chi connectivity index (χ1n) is 7.92. The van der Waals surface area contributed by atoms with Crippen molar-refractivity contribution in [3.8, 4) is 0 Å². The molecule has 0 amide bonds. The van der Waals surface area contributed by atoms with E-state index in [0.29, 0.717) is 19.4 Å². The van der Waals surface area contributed by atoms with Gasteiger partial charge in [-0.2, -0.15) is 0 Å². The van der Waals surface area contributed by atoms with E-state index in [4.69, 9.17) is 4.84 Å². The van der Waals surface area contributed by atoms with E-state index in [9.17, 15) is 9.90 Å². The lowest BCUT2D eigenvalue weighted by atomic mass is 9.77. The van der Waals surface area contributed by atoms with Gasteiger partial charge in [0.15, 0.2) is 11.5 Å². The van der Waals surface area contributed by atoms with Gasteiger partial charge in [0.2, 0.25) is 0 Å². The summed E-state index contributed by atoms with van der Waals surface area (Å²) in [6.45, 7) is 8.64. The zero-order valence-electron chi connectivity index (χ0n) is 13.8. The average Bonchev–Trinajstić information content (AvgIpc) is 2.40. The van der Waals surface area contributed by atoms with Gasteiger partial charge in [-0.05, 0) is 56.2 Å². The van der Waals surface area contributed by atoms with E-state index < -0.39 is 6.10 Å². The van der Waals surface area contributed by atoms with Gasteiger partial charge < -0.3 is 9.94 Å². The molecule has 2 unspecified atom stereocenters. The standard InChI is InChI=1S/C18H25NO3/c1-5-6-22-19-18-15(20)9-14(10-16(18)21)17-12(3)7-11(2)8-13(17)4/h7-8,14-15,20H,5-6,9-10H2,1-4H3. The molecule has 0 aliphatic heterocycles. The number of carbonyl (C=O) groups is 1. The Morgan fingerprint density at radius 1 is 1.27 bits per heavy atom. The lowest BCUT2D eigenvalue weighted by Gasteiger charge is -2.28. The van der Waals surface area contributed by atoms with Crippen LogP contribution in [0.3, 0.4) is 0 Å². The van der Waals surface area contributed by atoms with Gasteiger partial charge in [-0.3, -0.25) is 4.79 Å². The van der Waals surface area contributed by atoms with E-state index in [-0.39, 0.29) is 17.4 Å². The van der Waals surface area contributed by atoms with Gasteiger partial charge in [0.25, 0.3) is 0 Å². The number of nitrogens with zero attached hydrogens (tertiary/aromatic N) is 1. The number of rotatable bonds is 4. The van der Waals surface area contributed by atoms with Crippen molar-refractivity contribution >= 4 is 11.5 Å². The molecule has 0 saturated heterocycles. The van der Waals surface area contributed by atoms with Gasteiger partial charge in [-0.25, -0.2) is 0 Å². The van der Waals surface area contributed by atoms with Crippen LogP contribution in [0, 0.1) is 20.8 Å². The molecule has 1 aromatic carbocycles. The van der Waals surface area contributed by atoms with Crippen molar-refractivity contribution in [3.05, 3.63) is 34.4 Å². The second-order valence-corrected chi connectivity index (χ2v) is 6.20. The maximum atomic E-state index is 12.3. The van der Waals surface area contributed by atoms with Crippen LogP contribution in [-0.4, -0.2) is 29.3 Å². The number of oxime groups is 1. The molecule has 0 heterocycles. The Kier molecular flexibility index (Phi) is 5.35. The van der Waals surface area contributed by atoms with Crippen molar-refractivity contribution in [1.29, 1.82) is 0 Å². The Balaban J connectivity index is 2.22. The van der Waals surface area contributed by atoms with Crippen molar-refractivity contribution in [1.82, 2.24) is 0 Å². The highest BCUT2D eigenvalue weighted by atomic mass is 16.6. The molecular weight excluding hydrogens is 278 g/mol. The molecule has 2 atom stereocenters. The van der Waals surface area contributed by atoms with Gasteiger partial charge in [-0.15, -0.1) is 0 Å². The van der Waals surface area contributed by atoms with Crippen LogP contribution in [-0.2, 0) is 9.63 Å². The second-order valence-electron chi connectivity index (χ2n) is 6.20. The minimum atomic E-state index is -0.844. The third-order valence-electron chi connectivity index (χ3n) is 4.15. The summed E-state index contributed by atoms with van der Waals surface area (Å²) in [4.78, 5) is 17.4. The van der Waals surface area contributed by atoms with E-state index >= 15 is 0 Å². The monoisotopic (exact) mass is 303 g/mol. The van der Waals surface area contributed by atoms with Gasteiger partial charge in [-0.1, -0.05) is 29.8 Å². The number of ketones is 1. The van der Waals surface area contributed by atoms with Crippen LogP contribution < -0.4 is 0 Å². The minimum Gasteiger partial charge on any atom is -0.395 e. The summed E-state index contributed by atoms with van der Waals surface area (Å²) in [5.41, 5.74) is 4.95. The highest BCUT2D eigenvalue weighted by Crippen LogP contribution is 2.35. The van der Waals surface area contributed by atoms with E-state index in [0.717, 1.165) is 6.42 Å². The van der Waals surface area contributed by atoms with Crippen LogP contribution in [0.5, 0.6) is 0 Å². The van der Waals surface area contributed by atoms with Crippen molar-refractivity contribution in [2.75, 3.05) is 6.61 Å². The Labute approximate surface area is 132 Å².